The molecular weight excluding hydrogens is 270 g/mol. The number of likely N-dealkylation sites (tertiary alicyclic amines) is 1. The Morgan fingerprint density at radius 2 is 1.90 bits per heavy atom. The summed E-state index contributed by atoms with van der Waals surface area (Å²) >= 11 is 0. The molecule has 21 heavy (non-hydrogen) atoms. The van der Waals surface area contributed by atoms with E-state index in [-0.39, 0.29) is 0 Å². The molecule has 0 aromatic carbocycles. The molecule has 1 aromatic heterocycles. The molecule has 3 heterocycles. The van der Waals surface area contributed by atoms with E-state index in [2.05, 4.69) is 20.9 Å². The third kappa shape index (κ3) is 3.35. The van der Waals surface area contributed by atoms with Crippen molar-refractivity contribution in [3.8, 4) is 0 Å². The number of aliphatic hydroxyl groups is 3. The number of rotatable bonds is 3. The summed E-state index contributed by atoms with van der Waals surface area (Å²) in [6.07, 6.45) is 2.03. The van der Waals surface area contributed by atoms with Crippen LogP contribution in [-0.4, -0.2) is 76.2 Å². The minimum atomic E-state index is -1.02. The first-order valence-corrected chi connectivity index (χ1v) is 7.55. The van der Waals surface area contributed by atoms with Gasteiger partial charge in [-0.25, -0.2) is 0 Å². The van der Waals surface area contributed by atoms with Crippen molar-refractivity contribution in [2.24, 2.45) is 5.92 Å². The maximum atomic E-state index is 9.75. The van der Waals surface area contributed by atoms with E-state index in [1.807, 2.05) is 12.3 Å². The molecule has 0 spiro atoms. The summed E-state index contributed by atoms with van der Waals surface area (Å²) in [5.41, 5.74) is 1.15. The van der Waals surface area contributed by atoms with Gasteiger partial charge in [-0.3, -0.25) is 9.88 Å². The van der Waals surface area contributed by atoms with Crippen LogP contribution in [0, 0.1) is 5.92 Å². The van der Waals surface area contributed by atoms with Crippen molar-refractivity contribution in [1.29, 1.82) is 0 Å². The van der Waals surface area contributed by atoms with Crippen molar-refractivity contribution in [2.45, 2.75) is 24.7 Å². The van der Waals surface area contributed by atoms with Crippen LogP contribution in [0.1, 0.15) is 6.42 Å². The molecule has 2 aliphatic rings. The van der Waals surface area contributed by atoms with E-state index in [4.69, 9.17) is 0 Å². The maximum absolute atomic E-state index is 9.75. The van der Waals surface area contributed by atoms with Crippen molar-refractivity contribution in [1.82, 2.24) is 9.88 Å². The van der Waals surface area contributed by atoms with Crippen molar-refractivity contribution < 1.29 is 15.3 Å². The van der Waals surface area contributed by atoms with Crippen LogP contribution in [0.3, 0.4) is 0 Å². The third-order valence-corrected chi connectivity index (χ3v) is 4.49. The lowest BCUT2D eigenvalue weighted by atomic mass is 10.00. The molecular formula is C15H23N3O3. The summed E-state index contributed by atoms with van der Waals surface area (Å²) in [7, 11) is 0. The lowest BCUT2D eigenvalue weighted by Gasteiger charge is -2.38. The van der Waals surface area contributed by atoms with Crippen LogP contribution in [0.15, 0.2) is 24.5 Å². The fourth-order valence-electron chi connectivity index (χ4n) is 3.35. The van der Waals surface area contributed by atoms with Crippen molar-refractivity contribution >= 4 is 5.69 Å². The second kappa shape index (κ2) is 6.27. The molecule has 6 heteroatoms. The first-order valence-electron chi connectivity index (χ1n) is 7.55. The summed E-state index contributed by atoms with van der Waals surface area (Å²) in [6.45, 7) is 3.69. The summed E-state index contributed by atoms with van der Waals surface area (Å²) < 4.78 is 0. The smallest absolute Gasteiger partial charge is 0.108 e. The van der Waals surface area contributed by atoms with E-state index < -0.39 is 18.3 Å². The summed E-state index contributed by atoms with van der Waals surface area (Å²) in [4.78, 5) is 8.53. The summed E-state index contributed by atoms with van der Waals surface area (Å²) in [5.74, 6) is 0.514. The monoisotopic (exact) mass is 293 g/mol. The number of aromatic nitrogens is 1. The highest BCUT2D eigenvalue weighted by atomic mass is 16.4. The molecule has 1 aromatic rings. The normalized spacial score (nSPS) is 34.3. The van der Waals surface area contributed by atoms with Gasteiger partial charge in [-0.05, 0) is 24.5 Å². The molecule has 0 bridgehead atoms. The Balaban J connectivity index is 1.53. The fourth-order valence-corrected chi connectivity index (χ4v) is 3.35. The lowest BCUT2D eigenvalue weighted by Crippen LogP contribution is -2.56. The zero-order chi connectivity index (χ0) is 14.8. The van der Waals surface area contributed by atoms with Crippen LogP contribution in [0.25, 0.3) is 0 Å². The molecule has 0 saturated carbocycles. The van der Waals surface area contributed by atoms with Crippen LogP contribution >= 0.6 is 0 Å². The van der Waals surface area contributed by atoms with E-state index in [1.165, 1.54) is 0 Å². The Bertz CT molecular complexity index is 447. The van der Waals surface area contributed by atoms with Crippen LogP contribution in [0.2, 0.25) is 0 Å². The van der Waals surface area contributed by atoms with Gasteiger partial charge in [-0.1, -0.05) is 0 Å². The highest BCUT2D eigenvalue weighted by Crippen LogP contribution is 2.24. The van der Waals surface area contributed by atoms with Crippen LogP contribution in [0.4, 0.5) is 5.69 Å². The van der Waals surface area contributed by atoms with Gasteiger partial charge in [-0.15, -0.1) is 0 Å². The molecule has 6 nitrogen and oxygen atoms in total. The van der Waals surface area contributed by atoms with Gasteiger partial charge < -0.3 is 20.2 Å². The average molecular weight is 293 g/mol. The molecule has 116 valence electrons. The lowest BCUT2D eigenvalue weighted by molar-refractivity contribution is -0.111. The molecule has 3 atom stereocenters. The predicted octanol–water partition coefficient (Wildman–Crippen LogP) is -0.694. The number of β-amino-alcohol motifs (C(OH)–C–C–N with tert-alkyl or cyclic N) is 2. The van der Waals surface area contributed by atoms with Gasteiger partial charge in [0.05, 0.1) is 24.1 Å². The van der Waals surface area contributed by atoms with Gasteiger partial charge in [0, 0.05) is 38.9 Å². The number of nitrogens with zero attached hydrogens (tertiary/aromatic N) is 3. The van der Waals surface area contributed by atoms with E-state index >= 15 is 0 Å². The second-order valence-electron chi connectivity index (χ2n) is 6.16. The van der Waals surface area contributed by atoms with Gasteiger partial charge in [0.25, 0.3) is 0 Å². The van der Waals surface area contributed by atoms with Crippen molar-refractivity contribution in [3.63, 3.8) is 0 Å². The van der Waals surface area contributed by atoms with Crippen LogP contribution in [0.5, 0.6) is 0 Å². The maximum Gasteiger partial charge on any atom is 0.108 e. The van der Waals surface area contributed by atoms with Gasteiger partial charge in [0.2, 0.25) is 0 Å². The zero-order valence-electron chi connectivity index (χ0n) is 12.0. The molecule has 2 aliphatic heterocycles. The molecule has 0 amide bonds. The number of hydrogen-bond donors (Lipinski definition) is 3. The highest BCUT2D eigenvalue weighted by Gasteiger charge is 2.35. The predicted molar refractivity (Wildman–Crippen MR) is 79.0 cm³/mol. The number of hydrogen-bond acceptors (Lipinski definition) is 6. The molecule has 0 radical (unpaired) electrons. The molecule has 3 N–H and O–H groups in total. The highest BCUT2D eigenvalue weighted by molar-refractivity contribution is 5.44. The number of anilines is 1. The zero-order valence-corrected chi connectivity index (χ0v) is 12.0. The Hall–Kier alpha value is -1.21. The third-order valence-electron chi connectivity index (χ3n) is 4.49. The fraction of sp³-hybridized carbons (Fsp3) is 0.667. The Morgan fingerprint density at radius 3 is 2.57 bits per heavy atom. The molecule has 2 fully saturated rings. The van der Waals surface area contributed by atoms with Crippen molar-refractivity contribution in [2.75, 3.05) is 37.6 Å². The average Bonchev–Trinajstić information content (AvgIpc) is 2.94. The Morgan fingerprint density at radius 1 is 1.14 bits per heavy atom. The standard InChI is InChI=1S/C15H23N3O3/c19-13-9-17(10-14(20)15(13)21)7-11-3-5-18(8-11)12-2-1-4-16-6-12/h1-2,4,6,11,13-15,19-21H,3,5,7-10H2/t11-,13?,14?,15?/m1/s1. The van der Waals surface area contributed by atoms with Gasteiger partial charge in [0.1, 0.15) is 6.10 Å². The van der Waals surface area contributed by atoms with Gasteiger partial charge in [-0.2, -0.15) is 0 Å². The Labute approximate surface area is 124 Å². The van der Waals surface area contributed by atoms with E-state index in [9.17, 15) is 15.3 Å². The quantitative estimate of drug-likeness (QED) is 0.684. The summed E-state index contributed by atoms with van der Waals surface area (Å²) in [5, 5.41) is 29.1. The van der Waals surface area contributed by atoms with E-state index in [0.29, 0.717) is 19.0 Å². The van der Waals surface area contributed by atoms with E-state index in [1.54, 1.807) is 6.20 Å². The Kier molecular flexibility index (Phi) is 4.40. The minimum Gasteiger partial charge on any atom is -0.389 e. The van der Waals surface area contributed by atoms with Crippen LogP contribution < -0.4 is 4.90 Å². The van der Waals surface area contributed by atoms with Gasteiger partial charge >= 0.3 is 0 Å². The van der Waals surface area contributed by atoms with E-state index in [0.717, 1.165) is 31.7 Å². The molecule has 3 rings (SSSR count). The number of aliphatic hydroxyl groups excluding tert-OH is 3. The van der Waals surface area contributed by atoms with Crippen LogP contribution in [-0.2, 0) is 0 Å². The molecule has 0 aliphatic carbocycles. The molecule has 2 unspecified atom stereocenters. The molecule has 2 saturated heterocycles. The van der Waals surface area contributed by atoms with Gasteiger partial charge in [0.15, 0.2) is 0 Å². The summed E-state index contributed by atoms with van der Waals surface area (Å²) in [6, 6.07) is 4.02. The largest absolute Gasteiger partial charge is 0.389 e. The topological polar surface area (TPSA) is 80.1 Å². The SMILES string of the molecule is OC1CN(C[C@H]2CCN(c3cccnc3)C2)CC(O)C1O. The number of piperidine rings is 1. The first-order chi connectivity index (χ1) is 10.1. The van der Waals surface area contributed by atoms with Crippen molar-refractivity contribution in [3.05, 3.63) is 24.5 Å². The second-order valence-corrected chi connectivity index (χ2v) is 6.16. The minimum absolute atomic E-state index is 0.432. The first kappa shape index (κ1) is 14.7. The number of pyridine rings is 1.